The summed E-state index contributed by atoms with van der Waals surface area (Å²) in [6, 6.07) is 9.67. The van der Waals surface area contributed by atoms with E-state index >= 15 is 0 Å². The predicted octanol–water partition coefficient (Wildman–Crippen LogP) is 5.05. The summed E-state index contributed by atoms with van der Waals surface area (Å²) in [6.07, 6.45) is -2.18. The molecule has 0 radical (unpaired) electrons. The van der Waals surface area contributed by atoms with Gasteiger partial charge in [-0.25, -0.2) is 17.7 Å². The molecule has 40 heavy (non-hydrogen) atoms. The number of halogens is 3. The molecular weight excluding hydrogens is 569 g/mol. The lowest BCUT2D eigenvalue weighted by atomic mass is 9.92. The maximum Gasteiger partial charge on any atom is 0.391 e. The zero-order valence-electron chi connectivity index (χ0n) is 21.9. The van der Waals surface area contributed by atoms with Crippen LogP contribution >= 0.6 is 11.5 Å². The molecule has 0 saturated carbocycles. The van der Waals surface area contributed by atoms with Crippen LogP contribution in [-0.2, 0) is 16.6 Å². The number of nitrogens with zero attached hydrogens (tertiary/aromatic N) is 4. The van der Waals surface area contributed by atoms with Gasteiger partial charge in [0.1, 0.15) is 23.6 Å². The Balaban J connectivity index is 1.43. The largest absolute Gasteiger partial charge is 0.497 e. The molecule has 2 aliphatic heterocycles. The van der Waals surface area contributed by atoms with Crippen LogP contribution < -0.4 is 18.5 Å². The van der Waals surface area contributed by atoms with Gasteiger partial charge in [0.25, 0.3) is 10.0 Å². The van der Waals surface area contributed by atoms with E-state index in [-0.39, 0.29) is 35.5 Å². The monoisotopic (exact) mass is 598 g/mol. The molecule has 3 heterocycles. The Morgan fingerprint density at radius 3 is 2.52 bits per heavy atom. The predicted molar refractivity (Wildman–Crippen MR) is 142 cm³/mol. The van der Waals surface area contributed by atoms with Crippen LogP contribution in [0.5, 0.6) is 17.2 Å². The SMILES string of the molecule is COc1ccc(CN(c2ncns2)S(=O)(=O)c2ccc3c(c2)OCCC3N2CCC(C(F)(F)F)CC2)c(OC)c1. The Labute approximate surface area is 234 Å². The second kappa shape index (κ2) is 11.4. The summed E-state index contributed by atoms with van der Waals surface area (Å²) >= 11 is 0.945. The molecule has 14 heteroatoms. The van der Waals surface area contributed by atoms with E-state index in [2.05, 4.69) is 9.36 Å². The van der Waals surface area contributed by atoms with Gasteiger partial charge in [0.05, 0.1) is 38.2 Å². The number of rotatable bonds is 8. The van der Waals surface area contributed by atoms with E-state index in [9.17, 15) is 21.6 Å². The van der Waals surface area contributed by atoms with Crippen molar-refractivity contribution in [2.45, 2.75) is 42.9 Å². The Morgan fingerprint density at radius 1 is 1.10 bits per heavy atom. The lowest BCUT2D eigenvalue weighted by molar-refractivity contribution is -0.186. The van der Waals surface area contributed by atoms with Crippen LogP contribution in [0.25, 0.3) is 0 Å². The molecule has 1 atom stereocenters. The normalized spacial score (nSPS) is 18.6. The van der Waals surface area contributed by atoms with Crippen molar-refractivity contribution in [2.24, 2.45) is 5.92 Å². The number of hydrogen-bond donors (Lipinski definition) is 0. The maximum absolute atomic E-state index is 14.0. The van der Waals surface area contributed by atoms with E-state index in [1.807, 2.05) is 4.90 Å². The van der Waals surface area contributed by atoms with Gasteiger partial charge in [0.15, 0.2) is 0 Å². The van der Waals surface area contributed by atoms with E-state index in [1.165, 1.54) is 37.0 Å². The molecule has 1 fully saturated rings. The molecule has 3 aromatic rings. The quantitative estimate of drug-likeness (QED) is 0.356. The van der Waals surface area contributed by atoms with Crippen molar-refractivity contribution in [3.63, 3.8) is 0 Å². The number of piperidine rings is 1. The molecule has 216 valence electrons. The lowest BCUT2D eigenvalue weighted by Crippen LogP contribution is -2.42. The number of hydrogen-bond acceptors (Lipinski definition) is 9. The highest BCUT2D eigenvalue weighted by molar-refractivity contribution is 7.93. The average molecular weight is 599 g/mol. The molecule has 5 rings (SSSR count). The highest BCUT2D eigenvalue weighted by Crippen LogP contribution is 2.42. The van der Waals surface area contributed by atoms with Crippen molar-refractivity contribution in [1.29, 1.82) is 0 Å². The smallest absolute Gasteiger partial charge is 0.391 e. The Morgan fingerprint density at radius 2 is 1.88 bits per heavy atom. The number of ether oxygens (including phenoxy) is 3. The first kappa shape index (κ1) is 28.4. The maximum atomic E-state index is 14.0. The Bertz CT molecular complexity index is 1430. The average Bonchev–Trinajstić information content (AvgIpc) is 3.49. The van der Waals surface area contributed by atoms with Crippen LogP contribution in [0.4, 0.5) is 18.3 Å². The minimum Gasteiger partial charge on any atom is -0.497 e. The molecule has 0 N–H and O–H groups in total. The number of methoxy groups -OCH3 is 2. The molecular formula is C26H29F3N4O5S2. The summed E-state index contributed by atoms with van der Waals surface area (Å²) in [5, 5.41) is 0.182. The van der Waals surface area contributed by atoms with Gasteiger partial charge in [0, 0.05) is 47.3 Å². The number of likely N-dealkylation sites (tertiary alicyclic amines) is 1. The van der Waals surface area contributed by atoms with Crippen molar-refractivity contribution in [3.8, 4) is 17.2 Å². The van der Waals surface area contributed by atoms with E-state index in [4.69, 9.17) is 14.2 Å². The van der Waals surface area contributed by atoms with Crippen LogP contribution in [0.3, 0.4) is 0 Å². The summed E-state index contributed by atoms with van der Waals surface area (Å²) in [7, 11) is -1.11. The Hall–Kier alpha value is -3.10. The van der Waals surface area contributed by atoms with E-state index in [0.29, 0.717) is 48.9 Å². The van der Waals surface area contributed by atoms with E-state index < -0.39 is 22.1 Å². The summed E-state index contributed by atoms with van der Waals surface area (Å²) in [5.41, 5.74) is 1.37. The third kappa shape index (κ3) is 5.70. The van der Waals surface area contributed by atoms with Crippen LogP contribution in [0.15, 0.2) is 47.6 Å². The fourth-order valence-electron chi connectivity index (χ4n) is 5.23. The third-order valence-electron chi connectivity index (χ3n) is 7.39. The van der Waals surface area contributed by atoms with Gasteiger partial charge in [0.2, 0.25) is 5.13 Å². The zero-order chi connectivity index (χ0) is 28.5. The number of alkyl halides is 3. The minimum atomic E-state index is -4.18. The van der Waals surface area contributed by atoms with E-state index in [1.54, 1.807) is 24.3 Å². The fraction of sp³-hybridized carbons (Fsp3) is 0.462. The molecule has 1 aromatic heterocycles. The molecule has 0 amide bonds. The van der Waals surface area contributed by atoms with Crippen molar-refractivity contribution >= 4 is 26.7 Å². The highest BCUT2D eigenvalue weighted by Gasteiger charge is 2.42. The topological polar surface area (TPSA) is 94.1 Å². The number of anilines is 1. The first-order valence-electron chi connectivity index (χ1n) is 12.7. The summed E-state index contributed by atoms with van der Waals surface area (Å²) in [4.78, 5) is 6.20. The standard InChI is InChI=1S/C26H29F3N4O5S2/c1-36-19-4-3-17(23(13-19)37-2)15-33(25-30-16-31-39-25)40(34,35)20-5-6-21-22(9-12-38-24(21)14-20)32-10-7-18(8-11-32)26(27,28)29/h3-6,13-14,16,18,22H,7-12,15H2,1-2H3. The van der Waals surface area contributed by atoms with Crippen molar-refractivity contribution in [2.75, 3.05) is 38.2 Å². The lowest BCUT2D eigenvalue weighted by Gasteiger charge is -2.40. The van der Waals surface area contributed by atoms with Gasteiger partial charge in [-0.3, -0.25) is 4.90 Å². The highest BCUT2D eigenvalue weighted by atomic mass is 32.2. The molecule has 2 aromatic carbocycles. The van der Waals surface area contributed by atoms with Gasteiger partial charge in [-0.2, -0.15) is 17.5 Å². The zero-order valence-corrected chi connectivity index (χ0v) is 23.6. The Kier molecular flexibility index (Phi) is 8.11. The number of fused-ring (bicyclic) bond motifs is 1. The van der Waals surface area contributed by atoms with Crippen LogP contribution in [0, 0.1) is 5.92 Å². The number of aromatic nitrogens is 2. The van der Waals surface area contributed by atoms with Gasteiger partial charge in [-0.1, -0.05) is 6.07 Å². The van der Waals surface area contributed by atoms with Gasteiger partial charge in [-0.05, 0) is 44.1 Å². The van der Waals surface area contributed by atoms with Gasteiger partial charge >= 0.3 is 6.18 Å². The summed E-state index contributed by atoms with van der Waals surface area (Å²) in [5.74, 6) is 0.144. The molecule has 9 nitrogen and oxygen atoms in total. The fourth-order valence-corrected chi connectivity index (χ4v) is 7.37. The van der Waals surface area contributed by atoms with Gasteiger partial charge < -0.3 is 14.2 Å². The first-order valence-corrected chi connectivity index (χ1v) is 14.9. The number of sulfonamides is 1. The van der Waals surface area contributed by atoms with E-state index in [0.717, 1.165) is 17.1 Å². The van der Waals surface area contributed by atoms with Crippen LogP contribution in [-0.4, -0.2) is 62.8 Å². The van der Waals surface area contributed by atoms with Crippen LogP contribution in [0.2, 0.25) is 0 Å². The minimum absolute atomic E-state index is 0.00496. The summed E-state index contributed by atoms with van der Waals surface area (Å²) in [6.45, 7) is 0.911. The molecule has 1 saturated heterocycles. The second-order valence-electron chi connectivity index (χ2n) is 9.62. The summed E-state index contributed by atoms with van der Waals surface area (Å²) < 4.78 is 89.2. The third-order valence-corrected chi connectivity index (χ3v) is 9.92. The molecule has 1 unspecified atom stereocenters. The molecule has 0 bridgehead atoms. The number of benzene rings is 2. The second-order valence-corrected chi connectivity index (χ2v) is 12.2. The van der Waals surface area contributed by atoms with Crippen molar-refractivity contribution < 1.29 is 35.8 Å². The molecule has 0 spiro atoms. The first-order chi connectivity index (χ1) is 19.1. The molecule has 0 aliphatic carbocycles. The molecule has 2 aliphatic rings. The van der Waals surface area contributed by atoms with Crippen LogP contribution in [0.1, 0.15) is 36.4 Å². The van der Waals surface area contributed by atoms with Crippen molar-refractivity contribution in [3.05, 3.63) is 53.9 Å². The van der Waals surface area contributed by atoms with Gasteiger partial charge in [-0.15, -0.1) is 0 Å². The van der Waals surface area contributed by atoms with Crippen molar-refractivity contribution in [1.82, 2.24) is 14.3 Å².